The Balaban J connectivity index is 2.52. The molecular weight excluding hydrogens is 246 g/mol. The third-order valence-corrected chi connectivity index (χ3v) is 2.57. The van der Waals surface area contributed by atoms with E-state index < -0.39 is 0 Å². The van der Waals surface area contributed by atoms with Crippen molar-refractivity contribution in [1.29, 1.82) is 0 Å². The average Bonchev–Trinajstić information content (AvgIpc) is 2.42. The van der Waals surface area contributed by atoms with Gasteiger partial charge >= 0.3 is 0 Å². The lowest BCUT2D eigenvalue weighted by Gasteiger charge is -2.11. The fourth-order valence-electron chi connectivity index (χ4n) is 1.50. The molecule has 0 aromatic carbocycles. The number of hydrogen-bond acceptors (Lipinski definition) is 5. The highest BCUT2D eigenvalue weighted by molar-refractivity contribution is 5.96. The number of amides is 1. The molecule has 0 bridgehead atoms. The highest BCUT2D eigenvalue weighted by Gasteiger charge is 2.08. The Labute approximate surface area is 112 Å². The number of nitrogens with one attached hydrogen (secondary N) is 1. The van der Waals surface area contributed by atoms with E-state index in [9.17, 15) is 4.79 Å². The van der Waals surface area contributed by atoms with Crippen LogP contribution >= 0.6 is 0 Å². The second kappa shape index (κ2) is 7.32. The standard InChI is InChI=1S/C12H19N5O2/c1-17(2)10(18)5-7-14-8-9-4-3-6-15-11(9)12(13)16-19/h3-4,6,14,19H,5,7-8H2,1-2H3,(H2,13,16). The smallest absolute Gasteiger partial charge is 0.223 e. The van der Waals surface area contributed by atoms with Crippen LogP contribution in [0.3, 0.4) is 0 Å². The van der Waals surface area contributed by atoms with Crippen LogP contribution in [0.1, 0.15) is 17.7 Å². The molecule has 104 valence electrons. The number of nitrogens with zero attached hydrogens (tertiary/aromatic N) is 3. The van der Waals surface area contributed by atoms with Gasteiger partial charge in [0.15, 0.2) is 5.84 Å². The van der Waals surface area contributed by atoms with Crippen LogP contribution in [0.25, 0.3) is 0 Å². The Morgan fingerprint density at radius 3 is 2.95 bits per heavy atom. The predicted octanol–water partition coefficient (Wildman–Crippen LogP) is -0.256. The summed E-state index contributed by atoms with van der Waals surface area (Å²) in [6.07, 6.45) is 2.00. The summed E-state index contributed by atoms with van der Waals surface area (Å²) < 4.78 is 0. The number of rotatable bonds is 6. The lowest BCUT2D eigenvalue weighted by molar-refractivity contribution is -0.128. The van der Waals surface area contributed by atoms with E-state index in [1.165, 1.54) is 0 Å². The van der Waals surface area contributed by atoms with E-state index in [4.69, 9.17) is 10.9 Å². The van der Waals surface area contributed by atoms with Gasteiger partial charge in [-0.15, -0.1) is 0 Å². The van der Waals surface area contributed by atoms with Gasteiger partial charge in [0.2, 0.25) is 5.91 Å². The molecule has 7 heteroatoms. The highest BCUT2D eigenvalue weighted by Crippen LogP contribution is 2.04. The number of carbonyl (C=O) groups excluding carboxylic acids is 1. The van der Waals surface area contributed by atoms with Gasteiger partial charge in [-0.2, -0.15) is 0 Å². The van der Waals surface area contributed by atoms with E-state index >= 15 is 0 Å². The van der Waals surface area contributed by atoms with Gasteiger partial charge in [-0.05, 0) is 11.6 Å². The van der Waals surface area contributed by atoms with Crippen molar-refractivity contribution in [2.45, 2.75) is 13.0 Å². The summed E-state index contributed by atoms with van der Waals surface area (Å²) in [6.45, 7) is 1.06. The first-order valence-corrected chi connectivity index (χ1v) is 5.89. The summed E-state index contributed by atoms with van der Waals surface area (Å²) in [5.41, 5.74) is 6.79. The summed E-state index contributed by atoms with van der Waals surface area (Å²) in [4.78, 5) is 17.0. The van der Waals surface area contributed by atoms with E-state index in [2.05, 4.69) is 15.5 Å². The first kappa shape index (κ1) is 14.9. The monoisotopic (exact) mass is 265 g/mol. The van der Waals surface area contributed by atoms with Crippen LogP contribution < -0.4 is 11.1 Å². The van der Waals surface area contributed by atoms with Crippen LogP contribution in [0, 0.1) is 0 Å². The summed E-state index contributed by atoms with van der Waals surface area (Å²) >= 11 is 0. The minimum Gasteiger partial charge on any atom is -0.409 e. The second-order valence-corrected chi connectivity index (χ2v) is 4.21. The van der Waals surface area contributed by atoms with Gasteiger partial charge in [0.1, 0.15) is 5.69 Å². The second-order valence-electron chi connectivity index (χ2n) is 4.21. The van der Waals surface area contributed by atoms with Crippen LogP contribution in [-0.2, 0) is 11.3 Å². The van der Waals surface area contributed by atoms with Crippen LogP contribution in [0.5, 0.6) is 0 Å². The minimum absolute atomic E-state index is 0.0261. The molecular formula is C12H19N5O2. The molecule has 4 N–H and O–H groups in total. The largest absolute Gasteiger partial charge is 0.409 e. The van der Waals surface area contributed by atoms with E-state index in [1.54, 1.807) is 31.3 Å². The van der Waals surface area contributed by atoms with E-state index in [-0.39, 0.29) is 11.7 Å². The quantitative estimate of drug-likeness (QED) is 0.216. The van der Waals surface area contributed by atoms with Gasteiger partial charge in [0.25, 0.3) is 0 Å². The number of hydrogen-bond donors (Lipinski definition) is 3. The number of oxime groups is 1. The zero-order valence-corrected chi connectivity index (χ0v) is 11.1. The molecule has 1 aromatic heterocycles. The van der Waals surface area contributed by atoms with Crippen molar-refractivity contribution < 1.29 is 10.0 Å². The Kier molecular flexibility index (Phi) is 5.74. The third-order valence-electron chi connectivity index (χ3n) is 2.57. The molecule has 1 heterocycles. The van der Waals surface area contributed by atoms with Gasteiger partial charge in [-0.25, -0.2) is 0 Å². The van der Waals surface area contributed by atoms with Crippen molar-refractivity contribution >= 4 is 11.7 Å². The number of aromatic nitrogens is 1. The zero-order valence-electron chi connectivity index (χ0n) is 11.1. The lowest BCUT2D eigenvalue weighted by atomic mass is 10.2. The summed E-state index contributed by atoms with van der Waals surface area (Å²) in [7, 11) is 3.44. The predicted molar refractivity (Wildman–Crippen MR) is 71.8 cm³/mol. The van der Waals surface area contributed by atoms with Crippen LogP contribution in [0.2, 0.25) is 0 Å². The van der Waals surface area contributed by atoms with Crippen LogP contribution in [0.4, 0.5) is 0 Å². The van der Waals surface area contributed by atoms with Gasteiger partial charge in [0.05, 0.1) is 0 Å². The number of amidine groups is 1. The molecule has 7 nitrogen and oxygen atoms in total. The molecule has 0 aliphatic rings. The Morgan fingerprint density at radius 2 is 2.32 bits per heavy atom. The van der Waals surface area contributed by atoms with Crippen LogP contribution in [-0.4, -0.2) is 47.5 Å². The first-order valence-electron chi connectivity index (χ1n) is 5.89. The molecule has 0 saturated heterocycles. The molecule has 0 unspecified atom stereocenters. The topological polar surface area (TPSA) is 104 Å². The van der Waals surface area contributed by atoms with Gasteiger partial charge in [-0.1, -0.05) is 11.2 Å². The fraction of sp³-hybridized carbons (Fsp3) is 0.417. The summed E-state index contributed by atoms with van der Waals surface area (Å²) in [5.74, 6) is 0.0390. The zero-order chi connectivity index (χ0) is 14.3. The van der Waals surface area contributed by atoms with Gasteiger partial charge in [0, 0.05) is 39.8 Å². The van der Waals surface area contributed by atoms with Crippen molar-refractivity contribution in [2.24, 2.45) is 10.9 Å². The van der Waals surface area contributed by atoms with E-state index in [0.717, 1.165) is 5.56 Å². The maximum atomic E-state index is 11.4. The molecule has 0 atom stereocenters. The fourth-order valence-corrected chi connectivity index (χ4v) is 1.50. The highest BCUT2D eigenvalue weighted by atomic mass is 16.4. The molecule has 1 aromatic rings. The van der Waals surface area contributed by atoms with E-state index in [1.807, 2.05) is 6.07 Å². The van der Waals surface area contributed by atoms with Gasteiger partial charge in [-0.3, -0.25) is 9.78 Å². The maximum absolute atomic E-state index is 11.4. The number of nitrogens with two attached hydrogens (primary N) is 1. The first-order chi connectivity index (χ1) is 9.06. The summed E-state index contributed by atoms with van der Waals surface area (Å²) in [6, 6.07) is 3.61. The lowest BCUT2D eigenvalue weighted by Crippen LogP contribution is -2.27. The molecule has 0 saturated carbocycles. The van der Waals surface area contributed by atoms with Crippen molar-refractivity contribution in [3.05, 3.63) is 29.6 Å². The molecule has 0 spiro atoms. The molecule has 1 amide bonds. The SMILES string of the molecule is CN(C)C(=O)CCNCc1cccnc1C(N)=NO. The van der Waals surface area contributed by atoms with Crippen molar-refractivity contribution in [2.75, 3.05) is 20.6 Å². The molecule has 0 aliphatic carbocycles. The van der Waals surface area contributed by atoms with Crippen LogP contribution in [0.15, 0.2) is 23.5 Å². The Bertz CT molecular complexity index is 459. The molecule has 1 rings (SSSR count). The van der Waals surface area contributed by atoms with Crippen molar-refractivity contribution in [1.82, 2.24) is 15.2 Å². The van der Waals surface area contributed by atoms with E-state index in [0.29, 0.717) is 25.2 Å². The van der Waals surface area contributed by atoms with Crippen molar-refractivity contribution in [3.8, 4) is 0 Å². The molecule has 19 heavy (non-hydrogen) atoms. The van der Waals surface area contributed by atoms with Crippen molar-refractivity contribution in [3.63, 3.8) is 0 Å². The minimum atomic E-state index is -0.0261. The Morgan fingerprint density at radius 1 is 1.58 bits per heavy atom. The Hall–Kier alpha value is -2.15. The van der Waals surface area contributed by atoms with Gasteiger partial charge < -0.3 is 21.2 Å². The maximum Gasteiger partial charge on any atom is 0.223 e. The average molecular weight is 265 g/mol. The third kappa shape index (κ3) is 4.55. The molecule has 0 aliphatic heterocycles. The normalized spacial score (nSPS) is 11.4. The number of carbonyl (C=O) groups is 1. The molecule has 0 radical (unpaired) electrons. The molecule has 0 fully saturated rings. The summed E-state index contributed by atoms with van der Waals surface area (Å²) in [5, 5.41) is 14.7. The number of pyridine rings is 1.